The first-order chi connectivity index (χ1) is 7.18. The van der Waals surface area contributed by atoms with E-state index < -0.39 is 11.6 Å². The van der Waals surface area contributed by atoms with E-state index in [4.69, 9.17) is 11.6 Å². The summed E-state index contributed by atoms with van der Waals surface area (Å²) in [5.74, 6) is -1.07. The molecule has 2 rings (SSSR count). The van der Waals surface area contributed by atoms with Crippen LogP contribution in [-0.4, -0.2) is 4.98 Å². The fourth-order valence-corrected chi connectivity index (χ4v) is 1.37. The number of pyridine rings is 1. The molecule has 0 fully saturated rings. The monoisotopic (exact) mass is 225 g/mol. The molecule has 0 radical (unpaired) electrons. The van der Waals surface area contributed by atoms with Gasteiger partial charge in [-0.25, -0.2) is 13.8 Å². The molecule has 2 aromatic rings. The number of hydrogen-bond donors (Lipinski definition) is 0. The number of benzene rings is 1. The topological polar surface area (TPSA) is 12.9 Å². The minimum absolute atomic E-state index is 0.213. The van der Waals surface area contributed by atoms with Crippen molar-refractivity contribution in [1.29, 1.82) is 0 Å². The van der Waals surface area contributed by atoms with E-state index >= 15 is 0 Å². The highest BCUT2D eigenvalue weighted by Gasteiger charge is 2.07. The third kappa shape index (κ3) is 1.97. The Morgan fingerprint density at radius 3 is 2.47 bits per heavy atom. The Balaban J connectivity index is 2.55. The van der Waals surface area contributed by atoms with E-state index in [9.17, 15) is 8.78 Å². The molecule has 0 aliphatic heterocycles. The zero-order chi connectivity index (χ0) is 10.8. The minimum atomic E-state index is -0.655. The molecular weight excluding hydrogens is 220 g/mol. The van der Waals surface area contributed by atoms with E-state index in [0.29, 0.717) is 11.1 Å². The summed E-state index contributed by atoms with van der Waals surface area (Å²) in [6, 6.07) is 7.26. The number of halogens is 3. The first kappa shape index (κ1) is 10.1. The van der Waals surface area contributed by atoms with Crippen LogP contribution in [0.2, 0.25) is 5.15 Å². The zero-order valence-corrected chi connectivity index (χ0v) is 8.30. The second kappa shape index (κ2) is 3.95. The van der Waals surface area contributed by atoms with Gasteiger partial charge in [-0.3, -0.25) is 0 Å². The van der Waals surface area contributed by atoms with Crippen molar-refractivity contribution in [2.24, 2.45) is 0 Å². The Bertz CT molecular complexity index is 500. The molecule has 1 aromatic carbocycles. The van der Waals surface area contributed by atoms with Crippen molar-refractivity contribution < 1.29 is 8.78 Å². The quantitative estimate of drug-likeness (QED) is 0.675. The van der Waals surface area contributed by atoms with Crippen LogP contribution < -0.4 is 0 Å². The van der Waals surface area contributed by atoms with Crippen LogP contribution in [-0.2, 0) is 0 Å². The lowest BCUT2D eigenvalue weighted by atomic mass is 10.1. The molecule has 0 aliphatic rings. The van der Waals surface area contributed by atoms with Gasteiger partial charge >= 0.3 is 0 Å². The molecular formula is C11H6ClF2N. The van der Waals surface area contributed by atoms with Crippen LogP contribution in [0.5, 0.6) is 0 Å². The molecule has 0 unspecified atom stereocenters. The van der Waals surface area contributed by atoms with E-state index in [1.165, 1.54) is 12.3 Å². The van der Waals surface area contributed by atoms with Crippen molar-refractivity contribution in [3.63, 3.8) is 0 Å². The predicted molar refractivity (Wildman–Crippen MR) is 54.6 cm³/mol. The molecule has 1 aromatic heterocycles. The number of aromatic nitrogens is 1. The van der Waals surface area contributed by atoms with Crippen LogP contribution in [0.4, 0.5) is 8.78 Å². The molecule has 0 bridgehead atoms. The third-order valence-corrected chi connectivity index (χ3v) is 2.26. The van der Waals surface area contributed by atoms with Gasteiger partial charge < -0.3 is 0 Å². The van der Waals surface area contributed by atoms with Crippen LogP contribution >= 0.6 is 11.6 Å². The van der Waals surface area contributed by atoms with Crippen molar-refractivity contribution in [3.05, 3.63) is 53.3 Å². The number of hydrogen-bond acceptors (Lipinski definition) is 1. The first-order valence-corrected chi connectivity index (χ1v) is 4.62. The lowest BCUT2D eigenvalue weighted by molar-refractivity contribution is 0.620. The maximum atomic E-state index is 13.3. The van der Waals surface area contributed by atoms with Crippen LogP contribution in [0.3, 0.4) is 0 Å². The summed E-state index contributed by atoms with van der Waals surface area (Å²) in [5.41, 5.74) is 0.676. The second-order valence-corrected chi connectivity index (χ2v) is 3.33. The molecule has 0 atom stereocenters. The van der Waals surface area contributed by atoms with Gasteiger partial charge in [-0.05, 0) is 12.1 Å². The smallest absolute Gasteiger partial charge is 0.164 e. The Hall–Kier alpha value is -1.48. The van der Waals surface area contributed by atoms with Crippen molar-refractivity contribution in [2.75, 3.05) is 0 Å². The van der Waals surface area contributed by atoms with Gasteiger partial charge in [-0.2, -0.15) is 0 Å². The van der Waals surface area contributed by atoms with Crippen molar-refractivity contribution >= 4 is 11.6 Å². The molecule has 4 heteroatoms. The van der Waals surface area contributed by atoms with Gasteiger partial charge in [0.1, 0.15) is 5.82 Å². The maximum absolute atomic E-state index is 13.3. The van der Waals surface area contributed by atoms with Gasteiger partial charge in [0, 0.05) is 17.3 Å². The molecule has 0 spiro atoms. The largest absolute Gasteiger partial charge is 0.241 e. The molecule has 0 amide bonds. The maximum Gasteiger partial charge on any atom is 0.164 e. The SMILES string of the molecule is Fc1ccccc1-c1cnc(Cl)c(F)c1. The number of rotatable bonds is 1. The Labute approximate surface area is 90.3 Å². The minimum Gasteiger partial charge on any atom is -0.241 e. The molecule has 1 heterocycles. The predicted octanol–water partition coefficient (Wildman–Crippen LogP) is 3.68. The summed E-state index contributed by atoms with van der Waals surface area (Å²) in [7, 11) is 0. The zero-order valence-electron chi connectivity index (χ0n) is 7.55. The highest BCUT2D eigenvalue weighted by atomic mass is 35.5. The molecule has 15 heavy (non-hydrogen) atoms. The van der Waals surface area contributed by atoms with E-state index in [1.807, 2.05) is 0 Å². The third-order valence-electron chi connectivity index (χ3n) is 1.98. The van der Waals surface area contributed by atoms with Gasteiger partial charge in [-0.15, -0.1) is 0 Å². The average Bonchev–Trinajstić information content (AvgIpc) is 2.23. The molecule has 0 saturated heterocycles. The van der Waals surface area contributed by atoms with Crippen molar-refractivity contribution in [3.8, 4) is 11.1 Å². The van der Waals surface area contributed by atoms with Crippen molar-refractivity contribution in [1.82, 2.24) is 4.98 Å². The average molecular weight is 226 g/mol. The highest BCUT2D eigenvalue weighted by molar-refractivity contribution is 6.29. The van der Waals surface area contributed by atoms with Gasteiger partial charge in [0.2, 0.25) is 0 Å². The van der Waals surface area contributed by atoms with Crippen molar-refractivity contribution in [2.45, 2.75) is 0 Å². The first-order valence-electron chi connectivity index (χ1n) is 4.24. The van der Waals surface area contributed by atoms with Gasteiger partial charge in [0.25, 0.3) is 0 Å². The molecule has 1 nitrogen and oxygen atoms in total. The van der Waals surface area contributed by atoms with Gasteiger partial charge in [0.15, 0.2) is 11.0 Å². The highest BCUT2D eigenvalue weighted by Crippen LogP contribution is 2.24. The molecule has 0 aliphatic carbocycles. The fraction of sp³-hybridized carbons (Fsp3) is 0. The Kier molecular flexibility index (Phi) is 2.64. The van der Waals surface area contributed by atoms with Gasteiger partial charge in [-0.1, -0.05) is 29.8 Å². The Morgan fingerprint density at radius 1 is 1.07 bits per heavy atom. The summed E-state index contributed by atoms with van der Waals surface area (Å²) in [6.07, 6.45) is 1.34. The van der Waals surface area contributed by atoms with E-state index in [-0.39, 0.29) is 5.15 Å². The van der Waals surface area contributed by atoms with E-state index in [0.717, 1.165) is 6.07 Å². The van der Waals surface area contributed by atoms with Crippen LogP contribution in [0.1, 0.15) is 0 Å². The van der Waals surface area contributed by atoms with E-state index in [1.54, 1.807) is 18.2 Å². The summed E-state index contributed by atoms with van der Waals surface area (Å²) < 4.78 is 26.4. The summed E-state index contributed by atoms with van der Waals surface area (Å²) in [6.45, 7) is 0. The fourth-order valence-electron chi connectivity index (χ4n) is 1.26. The van der Waals surface area contributed by atoms with Crippen LogP contribution in [0.25, 0.3) is 11.1 Å². The Morgan fingerprint density at radius 2 is 1.80 bits per heavy atom. The molecule has 76 valence electrons. The van der Waals surface area contributed by atoms with E-state index in [2.05, 4.69) is 4.98 Å². The standard InChI is InChI=1S/C11H6ClF2N/c12-11-10(14)5-7(6-15-11)8-3-1-2-4-9(8)13/h1-6H. The second-order valence-electron chi connectivity index (χ2n) is 2.98. The summed E-state index contributed by atoms with van der Waals surface area (Å²) in [4.78, 5) is 3.62. The normalized spacial score (nSPS) is 10.3. The van der Waals surface area contributed by atoms with Crippen LogP contribution in [0, 0.1) is 11.6 Å². The summed E-state index contributed by atoms with van der Waals surface area (Å²) in [5, 5.41) is -0.213. The lowest BCUT2D eigenvalue weighted by Crippen LogP contribution is -1.88. The van der Waals surface area contributed by atoms with Gasteiger partial charge in [0.05, 0.1) is 0 Å². The van der Waals surface area contributed by atoms with Crippen LogP contribution in [0.15, 0.2) is 36.5 Å². The molecule has 0 N–H and O–H groups in total. The molecule has 0 saturated carbocycles. The number of nitrogens with zero attached hydrogens (tertiary/aromatic N) is 1. The lowest BCUT2D eigenvalue weighted by Gasteiger charge is -2.03. The summed E-state index contributed by atoms with van der Waals surface area (Å²) >= 11 is 5.43.